The summed E-state index contributed by atoms with van der Waals surface area (Å²) in [7, 11) is 7.73. The Labute approximate surface area is 341 Å². The van der Waals surface area contributed by atoms with Gasteiger partial charge in [-0.3, -0.25) is 13.9 Å². The van der Waals surface area contributed by atoms with Crippen LogP contribution in [0.4, 0.5) is 29.5 Å². The highest BCUT2D eigenvalue weighted by Gasteiger charge is 2.37. The molecule has 3 N–H and O–H groups in total. The molecule has 1 saturated heterocycles. The van der Waals surface area contributed by atoms with Crippen molar-refractivity contribution in [2.45, 2.75) is 37.9 Å². The van der Waals surface area contributed by atoms with E-state index in [1.54, 1.807) is 41.2 Å². The fraction of sp³-hybridized carbons (Fsp3) is 0.385. The minimum absolute atomic E-state index is 0.0279. The number of nitrogens with zero attached hydrogens (tertiary/aromatic N) is 7. The number of aromatic nitrogens is 5. The van der Waals surface area contributed by atoms with E-state index in [4.69, 9.17) is 38.0 Å². The molecule has 0 radical (unpaired) electrons. The van der Waals surface area contributed by atoms with Crippen LogP contribution >= 0.6 is 23.2 Å². The van der Waals surface area contributed by atoms with Gasteiger partial charge in [0.1, 0.15) is 11.2 Å². The van der Waals surface area contributed by atoms with Gasteiger partial charge in [-0.25, -0.2) is 24.5 Å². The summed E-state index contributed by atoms with van der Waals surface area (Å²) in [6, 6.07) is 12.5. The molecule has 1 aliphatic heterocycles. The zero-order chi connectivity index (χ0) is 42.1. The van der Waals surface area contributed by atoms with Crippen LogP contribution in [0, 0.1) is 0 Å². The molecule has 58 heavy (non-hydrogen) atoms. The Bertz CT molecular complexity index is 2500. The first kappa shape index (κ1) is 42.4. The number of alkyl halides is 3. The number of pyridine rings is 1. The van der Waals surface area contributed by atoms with Gasteiger partial charge < -0.3 is 30.3 Å². The molecule has 14 nitrogen and oxygen atoms in total. The monoisotopic (exact) mass is 843 g/mol. The SMILES string of the molecule is CNCCC1CN(CCO)C(=O)N1C.COc1nc(-c2cccc(-c3cccc(Nc4nc(C(F)(F)F)nc5c4c(=O)n(C)c(=O)n5C)c3Cl)c2Cl)cc2c1CCC2. The molecular weight excluding hydrogens is 802 g/mol. The van der Waals surface area contributed by atoms with Gasteiger partial charge in [-0.2, -0.15) is 13.2 Å². The van der Waals surface area contributed by atoms with E-state index in [1.165, 1.54) is 20.2 Å². The number of halogens is 5. The van der Waals surface area contributed by atoms with Gasteiger partial charge in [-0.15, -0.1) is 0 Å². The molecule has 7 rings (SSSR count). The molecule has 4 heterocycles. The maximum Gasteiger partial charge on any atom is 0.451 e. The van der Waals surface area contributed by atoms with Crippen LogP contribution in [-0.4, -0.2) is 98.5 Å². The van der Waals surface area contributed by atoms with E-state index in [0.29, 0.717) is 39.8 Å². The lowest BCUT2D eigenvalue weighted by Crippen LogP contribution is -2.38. The Kier molecular flexibility index (Phi) is 12.7. The number of likely N-dealkylation sites (N-methyl/N-ethyl adjacent to an activating group) is 1. The van der Waals surface area contributed by atoms with E-state index in [0.717, 1.165) is 59.0 Å². The number of fused-ring (bicyclic) bond motifs is 2. The van der Waals surface area contributed by atoms with Gasteiger partial charge in [0.05, 0.1) is 41.2 Å². The number of hydrogen-bond donors (Lipinski definition) is 3. The Morgan fingerprint density at radius 3 is 2.31 bits per heavy atom. The largest absolute Gasteiger partial charge is 0.481 e. The fourth-order valence-corrected chi connectivity index (χ4v) is 7.77. The number of aliphatic hydroxyl groups excluding tert-OH is 1. The molecule has 0 spiro atoms. The Morgan fingerprint density at radius 1 is 0.948 bits per heavy atom. The Hall–Kier alpha value is -5.23. The van der Waals surface area contributed by atoms with Crippen molar-refractivity contribution in [2.24, 2.45) is 14.1 Å². The third-order valence-corrected chi connectivity index (χ3v) is 11.1. The van der Waals surface area contributed by atoms with Crippen molar-refractivity contribution in [3.63, 3.8) is 0 Å². The third-order valence-electron chi connectivity index (χ3n) is 10.3. The summed E-state index contributed by atoms with van der Waals surface area (Å²) < 4.78 is 48.5. The Morgan fingerprint density at radius 2 is 1.64 bits per heavy atom. The van der Waals surface area contributed by atoms with Crippen molar-refractivity contribution >= 4 is 51.8 Å². The maximum atomic E-state index is 13.8. The Balaban J connectivity index is 0.000000344. The summed E-state index contributed by atoms with van der Waals surface area (Å²) in [6.45, 7) is 2.13. The number of methoxy groups -OCH3 is 1. The zero-order valence-electron chi connectivity index (χ0n) is 32.4. The van der Waals surface area contributed by atoms with E-state index >= 15 is 0 Å². The highest BCUT2D eigenvalue weighted by molar-refractivity contribution is 6.39. The van der Waals surface area contributed by atoms with E-state index in [2.05, 4.69) is 20.6 Å². The normalized spacial score (nSPS) is 15.2. The number of carbonyl (C=O) groups is 1. The second-order valence-corrected chi connectivity index (χ2v) is 14.6. The molecule has 1 fully saturated rings. The van der Waals surface area contributed by atoms with Crippen molar-refractivity contribution in [1.29, 1.82) is 0 Å². The van der Waals surface area contributed by atoms with Gasteiger partial charge in [0, 0.05) is 56.5 Å². The van der Waals surface area contributed by atoms with Crippen molar-refractivity contribution in [3.8, 4) is 28.3 Å². The number of urea groups is 1. The number of nitrogens with one attached hydrogen (secondary N) is 2. The molecule has 5 aromatic rings. The van der Waals surface area contributed by atoms with Crippen LogP contribution in [0.2, 0.25) is 10.0 Å². The summed E-state index contributed by atoms with van der Waals surface area (Å²) in [6.07, 6.45) is -1.20. The molecule has 308 valence electrons. The van der Waals surface area contributed by atoms with Crippen LogP contribution in [0.5, 0.6) is 5.88 Å². The standard InChI is InChI=1S/C30H23Cl2F3N6O3.C9H19N3O2/c1-40-25-21(27(42)41(2)29(40)43)24(38-28(39-25)30(33,34)35)36-19-12-6-10-17(23(19)32)16-9-5-11-18(22(16)31)20-13-14-7-4-8-15(14)26(37-20)44-3;1-10-4-3-8-7-12(5-6-13)9(14)11(8)2/h5-6,9-13H,4,7-8H2,1-3H3,(H,36,38,39);8,10,13H,3-7H2,1-2H3. The van der Waals surface area contributed by atoms with Crippen LogP contribution in [0.25, 0.3) is 33.4 Å². The number of ether oxygens (including phenoxy) is 1. The van der Waals surface area contributed by atoms with Gasteiger partial charge in [-0.1, -0.05) is 53.5 Å². The lowest BCUT2D eigenvalue weighted by atomic mass is 9.99. The molecule has 0 bridgehead atoms. The zero-order valence-corrected chi connectivity index (χ0v) is 33.9. The van der Waals surface area contributed by atoms with Crippen molar-refractivity contribution in [1.82, 2.24) is 39.2 Å². The van der Waals surface area contributed by atoms with E-state index in [-0.39, 0.29) is 34.8 Å². The number of aliphatic hydroxyl groups is 1. The summed E-state index contributed by atoms with van der Waals surface area (Å²) >= 11 is 13.8. The number of anilines is 2. The molecular formula is C39H42Cl2F3N9O5. The maximum absolute atomic E-state index is 13.8. The summed E-state index contributed by atoms with van der Waals surface area (Å²) in [4.78, 5) is 52.4. The van der Waals surface area contributed by atoms with Crippen LogP contribution in [-0.2, 0) is 33.1 Å². The van der Waals surface area contributed by atoms with Gasteiger partial charge in [-0.05, 0) is 57.0 Å². The fourth-order valence-electron chi connectivity index (χ4n) is 7.17. The number of β-amino-alcohol motifs (C(OH)–C–C–N with tert-alkyl or cyclic N) is 1. The molecule has 1 atom stereocenters. The number of hydrogen-bond acceptors (Lipinski definition) is 10. The smallest absolute Gasteiger partial charge is 0.451 e. The second kappa shape index (κ2) is 17.3. The van der Waals surface area contributed by atoms with Crippen LogP contribution in [0.1, 0.15) is 29.8 Å². The molecule has 2 amide bonds. The topological polar surface area (TPSA) is 160 Å². The van der Waals surface area contributed by atoms with Crippen molar-refractivity contribution in [3.05, 3.63) is 90.3 Å². The number of carbonyl (C=O) groups excluding carboxylic acids is 1. The van der Waals surface area contributed by atoms with Gasteiger partial charge in [0.25, 0.3) is 5.56 Å². The highest BCUT2D eigenvalue weighted by Crippen LogP contribution is 2.43. The second-order valence-electron chi connectivity index (χ2n) is 13.9. The molecule has 1 aliphatic carbocycles. The number of amides is 2. The van der Waals surface area contributed by atoms with Crippen LogP contribution < -0.4 is 26.6 Å². The quantitative estimate of drug-likeness (QED) is 0.161. The van der Waals surface area contributed by atoms with Crippen molar-refractivity contribution in [2.75, 3.05) is 52.8 Å². The first-order chi connectivity index (χ1) is 27.6. The van der Waals surface area contributed by atoms with Gasteiger partial charge in [0.15, 0.2) is 5.65 Å². The molecule has 1 unspecified atom stereocenters. The molecule has 3 aromatic heterocycles. The molecule has 2 aromatic carbocycles. The van der Waals surface area contributed by atoms with E-state index in [1.807, 2.05) is 26.2 Å². The lowest BCUT2D eigenvalue weighted by molar-refractivity contribution is -0.144. The number of aryl methyl sites for hydroxylation is 2. The first-order valence-electron chi connectivity index (χ1n) is 18.3. The minimum atomic E-state index is -4.96. The van der Waals surface area contributed by atoms with Crippen LogP contribution in [0.15, 0.2) is 52.1 Å². The summed E-state index contributed by atoms with van der Waals surface area (Å²) in [5.74, 6) is -1.44. The molecule has 0 saturated carbocycles. The molecule has 19 heteroatoms. The number of rotatable bonds is 10. The third kappa shape index (κ3) is 8.21. The van der Waals surface area contributed by atoms with Gasteiger partial charge >= 0.3 is 17.9 Å². The summed E-state index contributed by atoms with van der Waals surface area (Å²) in [5.41, 5.74) is 2.47. The number of benzene rings is 2. The average molecular weight is 845 g/mol. The van der Waals surface area contributed by atoms with Crippen LogP contribution in [0.3, 0.4) is 0 Å². The lowest BCUT2D eigenvalue weighted by Gasteiger charge is -2.17. The highest BCUT2D eigenvalue weighted by atomic mass is 35.5. The van der Waals surface area contributed by atoms with E-state index in [9.17, 15) is 27.6 Å². The summed E-state index contributed by atoms with van der Waals surface area (Å²) in [5, 5.41) is 14.8. The van der Waals surface area contributed by atoms with Crippen molar-refractivity contribution < 1.29 is 27.8 Å². The predicted octanol–water partition coefficient (Wildman–Crippen LogP) is 5.65. The molecule has 2 aliphatic rings. The first-order valence-corrected chi connectivity index (χ1v) is 19.1. The minimum Gasteiger partial charge on any atom is -0.481 e. The average Bonchev–Trinajstić information content (AvgIpc) is 3.79. The van der Waals surface area contributed by atoms with Gasteiger partial charge in [0.2, 0.25) is 11.7 Å². The predicted molar refractivity (Wildman–Crippen MR) is 216 cm³/mol. The van der Waals surface area contributed by atoms with E-state index < -0.39 is 34.7 Å².